The summed E-state index contributed by atoms with van der Waals surface area (Å²) in [4.78, 5) is 15.2. The van der Waals surface area contributed by atoms with Crippen molar-refractivity contribution in [2.75, 3.05) is 53.2 Å². The molecule has 1 amide bonds. The molecule has 2 aromatic carbocycles. The number of hydrogen-bond acceptors (Lipinski definition) is 5. The average Bonchev–Trinajstić information content (AvgIpc) is 2.83. The lowest BCUT2D eigenvalue weighted by molar-refractivity contribution is -0.134. The molecule has 0 bridgehead atoms. The van der Waals surface area contributed by atoms with Gasteiger partial charge in [0.15, 0.2) is 0 Å². The van der Waals surface area contributed by atoms with Crippen molar-refractivity contribution in [1.29, 1.82) is 0 Å². The van der Waals surface area contributed by atoms with Gasteiger partial charge in [-0.1, -0.05) is 48.5 Å². The van der Waals surface area contributed by atoms with Crippen LogP contribution in [0.25, 0.3) is 0 Å². The number of hydrogen-bond donors (Lipinski definition) is 1. The predicted molar refractivity (Wildman–Crippen MR) is 126 cm³/mol. The van der Waals surface area contributed by atoms with Gasteiger partial charge in [-0.25, -0.2) is 0 Å². The highest BCUT2D eigenvalue weighted by Crippen LogP contribution is 2.21. The Hall–Kier alpha value is -2.41. The molecule has 0 aliphatic carbocycles. The summed E-state index contributed by atoms with van der Waals surface area (Å²) in [6.07, 6.45) is 2.87. The van der Waals surface area contributed by atoms with Crippen molar-refractivity contribution in [2.24, 2.45) is 0 Å². The molecular weight excluding hydrogens is 404 g/mol. The second kappa shape index (κ2) is 13.9. The fourth-order valence-electron chi connectivity index (χ4n) is 3.98. The first-order chi connectivity index (χ1) is 15.8. The zero-order valence-corrected chi connectivity index (χ0v) is 19.1. The van der Waals surface area contributed by atoms with Gasteiger partial charge in [0.05, 0.1) is 19.8 Å². The van der Waals surface area contributed by atoms with Crippen LogP contribution in [0.3, 0.4) is 0 Å². The molecule has 0 aromatic heterocycles. The first kappa shape index (κ1) is 24.2. The summed E-state index contributed by atoms with van der Waals surface area (Å²) in [5, 5.41) is 3.44. The van der Waals surface area contributed by atoms with Crippen LogP contribution < -0.4 is 10.1 Å². The van der Waals surface area contributed by atoms with Gasteiger partial charge in [0.1, 0.15) is 5.75 Å². The Morgan fingerprint density at radius 2 is 1.84 bits per heavy atom. The SMILES string of the molecule is COCCOCCCOc1ccccc1CCC(=O)N1CCNCC1Cc1ccccc1. The number of amides is 1. The van der Waals surface area contributed by atoms with E-state index in [4.69, 9.17) is 14.2 Å². The number of benzene rings is 2. The lowest BCUT2D eigenvalue weighted by Crippen LogP contribution is -2.54. The standard InChI is InChI=1S/C26H36N2O4/c1-30-18-19-31-16-7-17-32-25-11-6-5-10-23(25)12-13-26(29)28-15-14-27-21-24(28)20-22-8-3-2-4-9-22/h2-6,8-11,24,27H,7,12-21H2,1H3. The molecule has 174 valence electrons. The fourth-order valence-corrected chi connectivity index (χ4v) is 3.98. The molecule has 1 fully saturated rings. The molecular formula is C26H36N2O4. The second-order valence-corrected chi connectivity index (χ2v) is 8.05. The number of ether oxygens (including phenoxy) is 3. The van der Waals surface area contributed by atoms with E-state index in [0.717, 1.165) is 43.8 Å². The number of piperazine rings is 1. The Morgan fingerprint density at radius 1 is 1.03 bits per heavy atom. The molecule has 1 saturated heterocycles. The van der Waals surface area contributed by atoms with E-state index in [0.29, 0.717) is 39.3 Å². The van der Waals surface area contributed by atoms with E-state index in [-0.39, 0.29) is 11.9 Å². The Balaban J connectivity index is 1.48. The van der Waals surface area contributed by atoms with Crippen molar-refractivity contribution in [3.63, 3.8) is 0 Å². The molecule has 1 unspecified atom stereocenters. The summed E-state index contributed by atoms with van der Waals surface area (Å²) < 4.78 is 16.4. The number of para-hydroxylation sites is 1. The highest BCUT2D eigenvalue weighted by molar-refractivity contribution is 5.77. The van der Waals surface area contributed by atoms with E-state index in [9.17, 15) is 4.79 Å². The second-order valence-electron chi connectivity index (χ2n) is 8.05. The van der Waals surface area contributed by atoms with Gasteiger partial charge in [-0.05, 0) is 30.0 Å². The maximum Gasteiger partial charge on any atom is 0.223 e. The van der Waals surface area contributed by atoms with Gasteiger partial charge in [0.25, 0.3) is 0 Å². The number of nitrogens with one attached hydrogen (secondary N) is 1. The Kier molecular flexibility index (Phi) is 10.5. The van der Waals surface area contributed by atoms with E-state index in [1.807, 2.05) is 24.3 Å². The van der Waals surface area contributed by atoms with Crippen LogP contribution in [0.1, 0.15) is 24.0 Å². The summed E-state index contributed by atoms with van der Waals surface area (Å²) in [5.41, 5.74) is 2.35. The largest absolute Gasteiger partial charge is 0.493 e. The van der Waals surface area contributed by atoms with Crippen LogP contribution in [0.4, 0.5) is 0 Å². The molecule has 1 aliphatic rings. The highest BCUT2D eigenvalue weighted by Gasteiger charge is 2.26. The van der Waals surface area contributed by atoms with Gasteiger partial charge in [-0.15, -0.1) is 0 Å². The van der Waals surface area contributed by atoms with E-state index >= 15 is 0 Å². The van der Waals surface area contributed by atoms with Crippen LogP contribution in [0.5, 0.6) is 5.75 Å². The van der Waals surface area contributed by atoms with Gasteiger partial charge >= 0.3 is 0 Å². The maximum absolute atomic E-state index is 13.1. The minimum atomic E-state index is 0.197. The first-order valence-electron chi connectivity index (χ1n) is 11.6. The Morgan fingerprint density at radius 3 is 2.69 bits per heavy atom. The van der Waals surface area contributed by atoms with Crippen LogP contribution >= 0.6 is 0 Å². The van der Waals surface area contributed by atoms with Gasteiger partial charge in [-0.2, -0.15) is 0 Å². The minimum absolute atomic E-state index is 0.197. The molecule has 0 radical (unpaired) electrons. The summed E-state index contributed by atoms with van der Waals surface area (Å²) in [5.74, 6) is 1.08. The molecule has 3 rings (SSSR count). The lowest BCUT2D eigenvalue weighted by atomic mass is 10.0. The predicted octanol–water partition coefficient (Wildman–Crippen LogP) is 3.09. The topological polar surface area (TPSA) is 60.0 Å². The average molecular weight is 441 g/mol. The number of methoxy groups -OCH3 is 1. The van der Waals surface area contributed by atoms with Crippen LogP contribution in [-0.4, -0.2) is 70.0 Å². The smallest absolute Gasteiger partial charge is 0.223 e. The van der Waals surface area contributed by atoms with E-state index in [1.165, 1.54) is 5.56 Å². The van der Waals surface area contributed by atoms with Crippen LogP contribution in [0.15, 0.2) is 54.6 Å². The molecule has 2 aromatic rings. The Bertz CT molecular complexity index is 799. The Labute approximate surface area is 191 Å². The van der Waals surface area contributed by atoms with Gasteiger partial charge < -0.3 is 24.4 Å². The third-order valence-corrected chi connectivity index (χ3v) is 5.69. The molecule has 6 heteroatoms. The molecule has 1 N–H and O–H groups in total. The fraction of sp³-hybridized carbons (Fsp3) is 0.500. The normalized spacial score (nSPS) is 16.2. The molecule has 1 aliphatic heterocycles. The van der Waals surface area contributed by atoms with E-state index in [2.05, 4.69) is 40.5 Å². The van der Waals surface area contributed by atoms with Crippen molar-refractivity contribution < 1.29 is 19.0 Å². The van der Waals surface area contributed by atoms with Crippen molar-refractivity contribution in [2.45, 2.75) is 31.7 Å². The first-order valence-corrected chi connectivity index (χ1v) is 11.6. The molecule has 1 heterocycles. The van der Waals surface area contributed by atoms with Crippen molar-refractivity contribution in [1.82, 2.24) is 10.2 Å². The molecule has 0 saturated carbocycles. The summed E-state index contributed by atoms with van der Waals surface area (Å²) in [6.45, 7) is 4.90. The molecule has 32 heavy (non-hydrogen) atoms. The van der Waals surface area contributed by atoms with Crippen molar-refractivity contribution >= 4 is 5.91 Å². The van der Waals surface area contributed by atoms with Gasteiger partial charge in [0.2, 0.25) is 5.91 Å². The van der Waals surface area contributed by atoms with E-state index in [1.54, 1.807) is 7.11 Å². The number of carbonyl (C=O) groups excluding carboxylic acids is 1. The van der Waals surface area contributed by atoms with Crippen molar-refractivity contribution in [3.8, 4) is 5.75 Å². The summed E-state index contributed by atoms with van der Waals surface area (Å²) in [6, 6.07) is 18.6. The minimum Gasteiger partial charge on any atom is -0.493 e. The molecule has 0 spiro atoms. The van der Waals surface area contributed by atoms with Crippen LogP contribution in [0.2, 0.25) is 0 Å². The zero-order chi connectivity index (χ0) is 22.4. The van der Waals surface area contributed by atoms with Crippen molar-refractivity contribution in [3.05, 3.63) is 65.7 Å². The number of rotatable bonds is 13. The van der Waals surface area contributed by atoms with Gasteiger partial charge in [-0.3, -0.25) is 4.79 Å². The highest BCUT2D eigenvalue weighted by atomic mass is 16.5. The third kappa shape index (κ3) is 7.93. The van der Waals surface area contributed by atoms with Crippen LogP contribution in [-0.2, 0) is 27.1 Å². The number of carbonyl (C=O) groups is 1. The maximum atomic E-state index is 13.1. The summed E-state index contributed by atoms with van der Waals surface area (Å²) >= 11 is 0. The molecule has 1 atom stereocenters. The zero-order valence-electron chi connectivity index (χ0n) is 19.1. The molecule has 6 nitrogen and oxygen atoms in total. The third-order valence-electron chi connectivity index (χ3n) is 5.69. The quantitative estimate of drug-likeness (QED) is 0.485. The van der Waals surface area contributed by atoms with Crippen LogP contribution in [0, 0.1) is 0 Å². The lowest BCUT2D eigenvalue weighted by Gasteiger charge is -2.36. The van der Waals surface area contributed by atoms with E-state index < -0.39 is 0 Å². The number of aryl methyl sites for hydroxylation is 1. The summed E-state index contributed by atoms with van der Waals surface area (Å²) in [7, 11) is 1.67. The number of nitrogens with zero attached hydrogens (tertiary/aromatic N) is 1. The van der Waals surface area contributed by atoms with Gasteiger partial charge in [0, 0.05) is 52.2 Å². The monoisotopic (exact) mass is 440 g/mol.